The molecule has 1 aliphatic heterocycles. The van der Waals surface area contributed by atoms with Gasteiger partial charge in [0.2, 0.25) is 0 Å². The lowest BCUT2D eigenvalue weighted by Gasteiger charge is -2.25. The number of nitrogens with zero attached hydrogens (tertiary/aromatic N) is 1. The van der Waals surface area contributed by atoms with Gasteiger partial charge in [-0.05, 0) is 13.3 Å². The van der Waals surface area contributed by atoms with Gasteiger partial charge in [-0.1, -0.05) is 0 Å². The summed E-state index contributed by atoms with van der Waals surface area (Å²) < 4.78 is 5.17. The average molecular weight is 173 g/mol. The molecule has 1 amide bonds. The highest BCUT2D eigenvalue weighted by Gasteiger charge is 2.39. The van der Waals surface area contributed by atoms with Crippen LogP contribution in [0.2, 0.25) is 0 Å². The summed E-state index contributed by atoms with van der Waals surface area (Å²) in [5.41, 5.74) is -0.384. The van der Waals surface area contributed by atoms with Gasteiger partial charge < -0.3 is 4.74 Å². The van der Waals surface area contributed by atoms with Crippen molar-refractivity contribution in [3.05, 3.63) is 0 Å². The highest BCUT2D eigenvalue weighted by atomic mass is 16.7. The van der Waals surface area contributed by atoms with E-state index in [1.807, 2.05) is 6.92 Å². The van der Waals surface area contributed by atoms with Crippen LogP contribution in [0.1, 0.15) is 13.3 Å². The Labute approximate surface area is 72.4 Å². The standard InChI is InChI=1S/C8H15NO3/c1-8(4-5-12-6-8)7(10)9(2)11-3/h4-6H2,1-3H3. The maximum absolute atomic E-state index is 11.6. The summed E-state index contributed by atoms with van der Waals surface area (Å²) in [6, 6.07) is 0. The number of amides is 1. The quantitative estimate of drug-likeness (QED) is 0.568. The first-order valence-electron chi connectivity index (χ1n) is 4.00. The summed E-state index contributed by atoms with van der Waals surface area (Å²) in [5, 5.41) is 1.26. The molecule has 4 heteroatoms. The largest absolute Gasteiger partial charge is 0.380 e. The molecule has 0 radical (unpaired) electrons. The van der Waals surface area contributed by atoms with Crippen molar-refractivity contribution in [2.24, 2.45) is 5.41 Å². The zero-order valence-electron chi connectivity index (χ0n) is 7.79. The molecule has 1 saturated heterocycles. The van der Waals surface area contributed by atoms with E-state index in [0.29, 0.717) is 13.2 Å². The van der Waals surface area contributed by atoms with Crippen LogP contribution in [0, 0.1) is 5.41 Å². The minimum Gasteiger partial charge on any atom is -0.380 e. The van der Waals surface area contributed by atoms with Gasteiger partial charge in [-0.25, -0.2) is 5.06 Å². The van der Waals surface area contributed by atoms with E-state index in [1.54, 1.807) is 7.05 Å². The second-order valence-corrected chi connectivity index (χ2v) is 3.35. The number of hydroxylamine groups is 2. The molecule has 1 unspecified atom stereocenters. The number of carbonyl (C=O) groups excluding carboxylic acids is 1. The van der Waals surface area contributed by atoms with Gasteiger partial charge in [0.1, 0.15) is 0 Å². The number of hydrogen-bond acceptors (Lipinski definition) is 3. The smallest absolute Gasteiger partial charge is 0.254 e. The molecule has 1 aliphatic rings. The van der Waals surface area contributed by atoms with Crippen molar-refractivity contribution in [3.63, 3.8) is 0 Å². The van der Waals surface area contributed by atoms with Crippen molar-refractivity contribution >= 4 is 5.91 Å². The van der Waals surface area contributed by atoms with E-state index in [1.165, 1.54) is 12.2 Å². The van der Waals surface area contributed by atoms with Gasteiger partial charge in [0.25, 0.3) is 5.91 Å². The molecule has 1 heterocycles. The van der Waals surface area contributed by atoms with Gasteiger partial charge >= 0.3 is 0 Å². The predicted octanol–water partition coefficient (Wildman–Crippen LogP) is 0.433. The second kappa shape index (κ2) is 3.41. The maximum atomic E-state index is 11.6. The lowest BCUT2D eigenvalue weighted by molar-refractivity contribution is -0.179. The van der Waals surface area contributed by atoms with E-state index >= 15 is 0 Å². The molecule has 0 bridgehead atoms. The Kier molecular flexibility index (Phi) is 2.69. The monoisotopic (exact) mass is 173 g/mol. The number of carbonyl (C=O) groups is 1. The molecule has 12 heavy (non-hydrogen) atoms. The van der Waals surface area contributed by atoms with Crippen LogP contribution in [-0.2, 0) is 14.4 Å². The average Bonchev–Trinajstić information content (AvgIpc) is 2.50. The number of hydrogen-bond donors (Lipinski definition) is 0. The van der Waals surface area contributed by atoms with Crippen molar-refractivity contribution in [1.29, 1.82) is 0 Å². The SMILES string of the molecule is CON(C)C(=O)C1(C)CCOC1. The first-order chi connectivity index (χ1) is 5.60. The van der Waals surface area contributed by atoms with Crippen LogP contribution in [0.15, 0.2) is 0 Å². The molecular formula is C8H15NO3. The summed E-state index contributed by atoms with van der Waals surface area (Å²) in [6.07, 6.45) is 0.777. The molecule has 0 aliphatic carbocycles. The highest BCUT2D eigenvalue weighted by molar-refractivity contribution is 5.81. The Hall–Kier alpha value is -0.610. The molecule has 0 spiro atoms. The lowest BCUT2D eigenvalue weighted by Crippen LogP contribution is -2.40. The van der Waals surface area contributed by atoms with Crippen molar-refractivity contribution < 1.29 is 14.4 Å². The van der Waals surface area contributed by atoms with E-state index in [2.05, 4.69) is 0 Å². The Morgan fingerprint density at radius 2 is 2.33 bits per heavy atom. The molecule has 1 atom stereocenters. The van der Waals surface area contributed by atoms with Crippen molar-refractivity contribution in [3.8, 4) is 0 Å². The fourth-order valence-electron chi connectivity index (χ4n) is 1.30. The Morgan fingerprint density at radius 1 is 1.67 bits per heavy atom. The molecule has 0 aromatic heterocycles. The van der Waals surface area contributed by atoms with Crippen LogP contribution in [0.25, 0.3) is 0 Å². The topological polar surface area (TPSA) is 38.8 Å². The fraction of sp³-hybridized carbons (Fsp3) is 0.875. The highest BCUT2D eigenvalue weighted by Crippen LogP contribution is 2.29. The van der Waals surface area contributed by atoms with Gasteiger partial charge in [0, 0.05) is 13.7 Å². The Balaban J connectivity index is 2.61. The first-order valence-corrected chi connectivity index (χ1v) is 4.00. The first kappa shape index (κ1) is 9.48. The van der Waals surface area contributed by atoms with Gasteiger partial charge in [0.05, 0.1) is 19.1 Å². The number of ether oxygens (including phenoxy) is 1. The molecule has 0 aromatic carbocycles. The van der Waals surface area contributed by atoms with Crippen LogP contribution in [-0.4, -0.2) is 38.3 Å². The molecule has 0 N–H and O–H groups in total. The number of rotatable bonds is 2. The fourth-order valence-corrected chi connectivity index (χ4v) is 1.30. The summed E-state index contributed by atoms with van der Waals surface area (Å²) in [6.45, 7) is 3.07. The zero-order chi connectivity index (χ0) is 9.19. The molecule has 4 nitrogen and oxygen atoms in total. The van der Waals surface area contributed by atoms with Gasteiger partial charge in [-0.15, -0.1) is 0 Å². The van der Waals surface area contributed by atoms with E-state index in [9.17, 15) is 4.79 Å². The van der Waals surface area contributed by atoms with Crippen molar-refractivity contribution in [2.75, 3.05) is 27.4 Å². The van der Waals surface area contributed by atoms with E-state index < -0.39 is 0 Å². The van der Waals surface area contributed by atoms with Crippen LogP contribution >= 0.6 is 0 Å². The lowest BCUT2D eigenvalue weighted by atomic mass is 9.89. The summed E-state index contributed by atoms with van der Waals surface area (Å²) in [7, 11) is 3.10. The van der Waals surface area contributed by atoms with E-state index in [4.69, 9.17) is 9.57 Å². The second-order valence-electron chi connectivity index (χ2n) is 3.35. The summed E-state index contributed by atoms with van der Waals surface area (Å²) in [4.78, 5) is 16.4. The van der Waals surface area contributed by atoms with Gasteiger partial charge in [0.15, 0.2) is 0 Å². The van der Waals surface area contributed by atoms with Gasteiger partial charge in [-0.2, -0.15) is 0 Å². The van der Waals surface area contributed by atoms with Crippen LogP contribution in [0.4, 0.5) is 0 Å². The summed E-state index contributed by atoms with van der Waals surface area (Å²) in [5.74, 6) is -0.0116. The minimum absolute atomic E-state index is 0.0116. The van der Waals surface area contributed by atoms with Crippen molar-refractivity contribution in [1.82, 2.24) is 5.06 Å². The van der Waals surface area contributed by atoms with E-state index in [-0.39, 0.29) is 11.3 Å². The van der Waals surface area contributed by atoms with Gasteiger partial charge in [-0.3, -0.25) is 9.63 Å². The zero-order valence-corrected chi connectivity index (χ0v) is 7.79. The third-order valence-corrected chi connectivity index (χ3v) is 2.29. The van der Waals surface area contributed by atoms with Crippen LogP contribution in [0.3, 0.4) is 0 Å². The molecule has 70 valence electrons. The maximum Gasteiger partial charge on any atom is 0.254 e. The van der Waals surface area contributed by atoms with E-state index in [0.717, 1.165) is 6.42 Å². The summed E-state index contributed by atoms with van der Waals surface area (Å²) >= 11 is 0. The Morgan fingerprint density at radius 3 is 2.75 bits per heavy atom. The predicted molar refractivity (Wildman–Crippen MR) is 43.3 cm³/mol. The molecule has 1 fully saturated rings. The molecular weight excluding hydrogens is 158 g/mol. The Bertz CT molecular complexity index is 175. The van der Waals surface area contributed by atoms with Crippen LogP contribution < -0.4 is 0 Å². The van der Waals surface area contributed by atoms with Crippen LogP contribution in [0.5, 0.6) is 0 Å². The normalized spacial score (nSPS) is 28.9. The third-order valence-electron chi connectivity index (χ3n) is 2.29. The third kappa shape index (κ3) is 1.59. The molecule has 1 rings (SSSR count). The molecule has 0 aromatic rings. The minimum atomic E-state index is -0.384. The molecule has 0 saturated carbocycles. The van der Waals surface area contributed by atoms with Crippen molar-refractivity contribution in [2.45, 2.75) is 13.3 Å².